The molecule has 0 aromatic heterocycles. The van der Waals surface area contributed by atoms with Gasteiger partial charge in [0.25, 0.3) is 0 Å². The number of fused-ring (bicyclic) bond motifs is 1. The second kappa shape index (κ2) is 6.35. The number of benzene rings is 2. The normalized spacial score (nSPS) is 12.4. The maximum atomic E-state index is 12.4. The Hall–Kier alpha value is -1.83. The lowest BCUT2D eigenvalue weighted by Crippen LogP contribution is -2.27. The molecule has 2 nitrogen and oxygen atoms in total. The molecule has 2 rings (SSSR count). The average Bonchev–Trinajstić information content (AvgIpc) is 2.44. The molecule has 0 N–H and O–H groups in total. The lowest BCUT2D eigenvalue weighted by Gasteiger charge is -2.26. The molecule has 0 fully saturated rings. The smallest absolute Gasteiger partial charge is 0.168 e. The number of ketones is 1. The van der Waals surface area contributed by atoms with Crippen LogP contribution in [0.3, 0.4) is 0 Å². The fraction of sp³-hybridized carbons (Fsp3) is 0.476. The lowest BCUT2D eigenvalue weighted by molar-refractivity contribution is 0.0858. The summed E-state index contributed by atoms with van der Waals surface area (Å²) in [6.45, 7) is 12.3. The predicted octanol–water partition coefficient (Wildman–Crippen LogP) is 6.03. The van der Waals surface area contributed by atoms with Gasteiger partial charge >= 0.3 is 0 Å². The van der Waals surface area contributed by atoms with Crippen molar-refractivity contribution in [3.8, 4) is 5.75 Å². The maximum Gasteiger partial charge on any atom is 0.168 e. The van der Waals surface area contributed by atoms with E-state index in [2.05, 4.69) is 26.8 Å². The van der Waals surface area contributed by atoms with Crippen molar-refractivity contribution in [1.82, 2.24) is 0 Å². The average molecular weight is 312 g/mol. The van der Waals surface area contributed by atoms with Crippen LogP contribution in [0.2, 0.25) is 0 Å². The van der Waals surface area contributed by atoms with E-state index in [9.17, 15) is 4.79 Å². The molecule has 0 aliphatic carbocycles. The minimum Gasteiger partial charge on any atom is -0.488 e. The van der Waals surface area contributed by atoms with E-state index in [0.717, 1.165) is 34.9 Å². The number of carbonyl (C=O) groups is 1. The molecule has 2 aromatic rings. The van der Waals surface area contributed by atoms with E-state index < -0.39 is 0 Å². The second-order valence-corrected chi connectivity index (χ2v) is 7.91. The Balaban J connectivity index is 2.31. The highest BCUT2D eigenvalue weighted by Crippen LogP contribution is 2.28. The van der Waals surface area contributed by atoms with Crippen molar-refractivity contribution in [2.45, 2.75) is 60.0 Å². The molecule has 0 heterocycles. The molecule has 0 saturated carbocycles. The summed E-state index contributed by atoms with van der Waals surface area (Å²) in [5.74, 6) is 1.05. The van der Waals surface area contributed by atoms with Gasteiger partial charge in [-0.1, -0.05) is 52.3 Å². The Labute approximate surface area is 139 Å². The summed E-state index contributed by atoms with van der Waals surface area (Å²) in [5.41, 5.74) is 0.246. The van der Waals surface area contributed by atoms with Gasteiger partial charge < -0.3 is 4.74 Å². The van der Waals surface area contributed by atoms with Gasteiger partial charge in [0.05, 0.1) is 0 Å². The van der Waals surface area contributed by atoms with Crippen LogP contribution in [0.25, 0.3) is 10.8 Å². The number of rotatable bonds is 5. The van der Waals surface area contributed by atoms with Gasteiger partial charge in [-0.25, -0.2) is 0 Å². The van der Waals surface area contributed by atoms with Gasteiger partial charge in [0.2, 0.25) is 0 Å². The van der Waals surface area contributed by atoms with Crippen molar-refractivity contribution in [3.63, 3.8) is 0 Å². The molecule has 0 aliphatic rings. The largest absolute Gasteiger partial charge is 0.488 e. The van der Waals surface area contributed by atoms with Gasteiger partial charge in [-0.05, 0) is 49.2 Å². The molecule has 124 valence electrons. The van der Waals surface area contributed by atoms with Gasteiger partial charge in [0.15, 0.2) is 5.78 Å². The first-order valence-electron chi connectivity index (χ1n) is 8.40. The van der Waals surface area contributed by atoms with E-state index in [4.69, 9.17) is 4.74 Å². The molecule has 2 heteroatoms. The van der Waals surface area contributed by atoms with E-state index in [0.29, 0.717) is 0 Å². The third-order valence-corrected chi connectivity index (χ3v) is 4.00. The van der Waals surface area contributed by atoms with Crippen LogP contribution >= 0.6 is 0 Å². The Morgan fingerprint density at radius 3 is 2.17 bits per heavy atom. The second-order valence-electron chi connectivity index (χ2n) is 7.91. The number of ether oxygens (including phenoxy) is 1. The van der Waals surface area contributed by atoms with Crippen molar-refractivity contribution >= 4 is 16.6 Å². The lowest BCUT2D eigenvalue weighted by atomic mass is 9.86. The van der Waals surface area contributed by atoms with Crippen LogP contribution in [0.4, 0.5) is 0 Å². The van der Waals surface area contributed by atoms with Crippen molar-refractivity contribution < 1.29 is 9.53 Å². The van der Waals surface area contributed by atoms with E-state index in [1.165, 1.54) is 0 Å². The van der Waals surface area contributed by atoms with Crippen LogP contribution in [-0.2, 0) is 0 Å². The predicted molar refractivity (Wildman–Crippen MR) is 97.3 cm³/mol. The van der Waals surface area contributed by atoms with Crippen LogP contribution < -0.4 is 4.74 Å². The molecular formula is C21H28O2. The van der Waals surface area contributed by atoms with Gasteiger partial charge in [-0.15, -0.1) is 0 Å². The minimum atomic E-state index is -0.360. The summed E-state index contributed by atoms with van der Waals surface area (Å²) in [6, 6.07) is 12.0. The van der Waals surface area contributed by atoms with Gasteiger partial charge in [-0.3, -0.25) is 4.79 Å². The van der Waals surface area contributed by atoms with Crippen LogP contribution in [0.1, 0.15) is 64.7 Å². The number of Topliss-reactive ketones (excluding diaryl/α,β-unsaturated/α-hetero) is 1. The summed E-state index contributed by atoms with van der Waals surface area (Å²) in [6.07, 6.45) is 2.11. The Kier molecular flexibility index (Phi) is 4.84. The van der Waals surface area contributed by atoms with E-state index >= 15 is 0 Å². The molecule has 0 bridgehead atoms. The van der Waals surface area contributed by atoms with E-state index in [1.54, 1.807) is 0 Å². The molecule has 0 saturated heterocycles. The highest BCUT2D eigenvalue weighted by atomic mass is 16.5. The molecule has 0 spiro atoms. The first-order valence-corrected chi connectivity index (χ1v) is 8.40. The SMILES string of the molecule is CCCC(C)(C)Oc1ccc2cc(C(=O)C(C)(C)C)ccc2c1. The standard InChI is InChI=1S/C21H28O2/c1-7-12-21(5,6)23-18-11-10-15-13-17(9-8-16(15)14-18)19(22)20(2,3)4/h8-11,13-14H,7,12H2,1-6H3. The zero-order valence-corrected chi connectivity index (χ0v) is 15.2. The molecule has 0 aliphatic heterocycles. The van der Waals surface area contributed by atoms with Crippen molar-refractivity contribution in [3.05, 3.63) is 42.0 Å². The Morgan fingerprint density at radius 1 is 0.957 bits per heavy atom. The molecule has 0 amide bonds. The fourth-order valence-corrected chi connectivity index (χ4v) is 2.83. The number of hydrogen-bond acceptors (Lipinski definition) is 2. The zero-order valence-electron chi connectivity index (χ0n) is 15.2. The molecular weight excluding hydrogens is 284 g/mol. The first-order chi connectivity index (χ1) is 10.6. The quantitative estimate of drug-likeness (QED) is 0.630. The zero-order chi connectivity index (χ0) is 17.3. The van der Waals surface area contributed by atoms with E-state index in [-0.39, 0.29) is 16.8 Å². The van der Waals surface area contributed by atoms with Gasteiger partial charge in [-0.2, -0.15) is 0 Å². The third kappa shape index (κ3) is 4.34. The summed E-state index contributed by atoms with van der Waals surface area (Å²) >= 11 is 0. The highest BCUT2D eigenvalue weighted by Gasteiger charge is 2.23. The van der Waals surface area contributed by atoms with Crippen molar-refractivity contribution in [2.24, 2.45) is 5.41 Å². The Morgan fingerprint density at radius 2 is 1.57 bits per heavy atom. The van der Waals surface area contributed by atoms with Crippen molar-refractivity contribution in [1.29, 1.82) is 0 Å². The summed E-state index contributed by atoms with van der Waals surface area (Å²) in [5, 5.41) is 2.17. The molecule has 23 heavy (non-hydrogen) atoms. The van der Waals surface area contributed by atoms with Crippen LogP contribution in [0.5, 0.6) is 5.75 Å². The molecule has 0 radical (unpaired) electrons. The molecule has 2 aromatic carbocycles. The van der Waals surface area contributed by atoms with Gasteiger partial charge in [0, 0.05) is 11.0 Å². The molecule has 0 atom stereocenters. The highest BCUT2D eigenvalue weighted by molar-refractivity contribution is 6.02. The summed E-state index contributed by atoms with van der Waals surface area (Å²) in [4.78, 5) is 12.4. The topological polar surface area (TPSA) is 26.3 Å². The first kappa shape index (κ1) is 17.5. The fourth-order valence-electron chi connectivity index (χ4n) is 2.83. The minimum absolute atomic E-state index is 0.162. The van der Waals surface area contributed by atoms with E-state index in [1.807, 2.05) is 51.1 Å². The van der Waals surface area contributed by atoms with Crippen LogP contribution in [0, 0.1) is 5.41 Å². The summed E-state index contributed by atoms with van der Waals surface area (Å²) < 4.78 is 6.12. The van der Waals surface area contributed by atoms with Crippen LogP contribution in [-0.4, -0.2) is 11.4 Å². The number of carbonyl (C=O) groups excluding carboxylic acids is 1. The monoisotopic (exact) mass is 312 g/mol. The molecule has 0 unspecified atom stereocenters. The number of hydrogen-bond donors (Lipinski definition) is 0. The van der Waals surface area contributed by atoms with Gasteiger partial charge in [0.1, 0.15) is 11.4 Å². The maximum absolute atomic E-state index is 12.4. The van der Waals surface area contributed by atoms with Crippen LogP contribution in [0.15, 0.2) is 36.4 Å². The third-order valence-electron chi connectivity index (χ3n) is 4.00. The Bertz CT molecular complexity index is 705. The van der Waals surface area contributed by atoms with Crippen molar-refractivity contribution in [2.75, 3.05) is 0 Å². The summed E-state index contributed by atoms with van der Waals surface area (Å²) in [7, 11) is 0.